The van der Waals surface area contributed by atoms with E-state index in [9.17, 15) is 4.79 Å². The largest absolute Gasteiger partial charge is 0.490 e. The summed E-state index contributed by atoms with van der Waals surface area (Å²) in [7, 11) is 0. The number of rotatable bonds is 12. The normalized spacial score (nSPS) is 12.1. The van der Waals surface area contributed by atoms with Crippen molar-refractivity contribution in [2.24, 2.45) is 0 Å². The fraction of sp³-hybridized carbons (Fsp3) is 0.276. The van der Waals surface area contributed by atoms with Crippen LogP contribution in [0, 0.1) is 0 Å². The number of ether oxygens (including phenoxy) is 4. The van der Waals surface area contributed by atoms with E-state index in [1.807, 2.05) is 91.9 Å². The van der Waals surface area contributed by atoms with E-state index in [0.717, 1.165) is 33.9 Å². The number of carbonyl (C=O) groups excluding carboxylic acids is 1. The standard InChI is InChI=1S/C29H32O5/c1-4-31-28(29(30)32-5-2)21-23-11-15-25(16-12-23)33-20-19-22(3)24-13-17-27(18-14-24)34-26-9-7-6-8-10-26/h6-19,28H,4-5,20-21H2,1-3H3/b22-19+/t28-/m0/s1. The molecule has 0 saturated heterocycles. The summed E-state index contributed by atoms with van der Waals surface area (Å²) in [5.41, 5.74) is 3.22. The van der Waals surface area contributed by atoms with Gasteiger partial charge in [-0.2, -0.15) is 0 Å². The van der Waals surface area contributed by atoms with Crippen molar-refractivity contribution in [1.29, 1.82) is 0 Å². The Labute approximate surface area is 201 Å². The van der Waals surface area contributed by atoms with Crippen LogP contribution in [0.4, 0.5) is 0 Å². The van der Waals surface area contributed by atoms with Gasteiger partial charge in [0.1, 0.15) is 23.9 Å². The molecule has 1 atom stereocenters. The summed E-state index contributed by atoms with van der Waals surface area (Å²) in [5.74, 6) is 2.05. The minimum absolute atomic E-state index is 0.329. The first-order valence-electron chi connectivity index (χ1n) is 11.6. The molecule has 0 heterocycles. The molecular formula is C29H32O5. The molecular weight excluding hydrogens is 428 g/mol. The summed E-state index contributed by atoms with van der Waals surface area (Å²) in [4.78, 5) is 12.0. The first-order valence-corrected chi connectivity index (χ1v) is 11.6. The van der Waals surface area contributed by atoms with Gasteiger partial charge < -0.3 is 18.9 Å². The Bertz CT molecular complexity index is 1040. The first-order chi connectivity index (χ1) is 16.6. The Hall–Kier alpha value is -3.57. The van der Waals surface area contributed by atoms with Gasteiger partial charge in [-0.3, -0.25) is 0 Å². The lowest BCUT2D eigenvalue weighted by Gasteiger charge is -2.15. The third-order valence-electron chi connectivity index (χ3n) is 5.19. The number of hydrogen-bond acceptors (Lipinski definition) is 5. The van der Waals surface area contributed by atoms with E-state index in [0.29, 0.717) is 26.2 Å². The van der Waals surface area contributed by atoms with Gasteiger partial charge in [-0.15, -0.1) is 0 Å². The lowest BCUT2D eigenvalue weighted by atomic mass is 10.1. The zero-order valence-corrected chi connectivity index (χ0v) is 20.0. The third-order valence-corrected chi connectivity index (χ3v) is 5.19. The van der Waals surface area contributed by atoms with Gasteiger partial charge in [0, 0.05) is 13.0 Å². The lowest BCUT2D eigenvalue weighted by molar-refractivity contribution is -0.156. The van der Waals surface area contributed by atoms with E-state index in [1.165, 1.54) is 0 Å². The van der Waals surface area contributed by atoms with Gasteiger partial charge in [-0.05, 0) is 79.9 Å². The summed E-state index contributed by atoms with van der Waals surface area (Å²) in [5, 5.41) is 0. The highest BCUT2D eigenvalue weighted by molar-refractivity contribution is 5.75. The quantitative estimate of drug-likeness (QED) is 0.290. The Kier molecular flexibility index (Phi) is 9.74. The van der Waals surface area contributed by atoms with Crippen molar-refractivity contribution in [2.45, 2.75) is 33.3 Å². The molecule has 3 aromatic carbocycles. The number of esters is 1. The molecule has 0 unspecified atom stereocenters. The second-order valence-electron chi connectivity index (χ2n) is 7.68. The maximum atomic E-state index is 12.0. The zero-order valence-electron chi connectivity index (χ0n) is 20.0. The monoisotopic (exact) mass is 460 g/mol. The van der Waals surface area contributed by atoms with Crippen molar-refractivity contribution in [3.05, 3.63) is 96.1 Å². The Morgan fingerprint density at radius 3 is 2.12 bits per heavy atom. The molecule has 0 fully saturated rings. The van der Waals surface area contributed by atoms with E-state index < -0.39 is 6.10 Å². The van der Waals surface area contributed by atoms with Crippen LogP contribution in [-0.4, -0.2) is 31.9 Å². The van der Waals surface area contributed by atoms with Crippen molar-refractivity contribution in [1.82, 2.24) is 0 Å². The average Bonchev–Trinajstić information content (AvgIpc) is 2.86. The van der Waals surface area contributed by atoms with Gasteiger partial charge in [-0.25, -0.2) is 4.79 Å². The average molecular weight is 461 g/mol. The summed E-state index contributed by atoms with van der Waals surface area (Å²) in [6.07, 6.45) is 1.93. The van der Waals surface area contributed by atoms with E-state index >= 15 is 0 Å². The van der Waals surface area contributed by atoms with Gasteiger partial charge >= 0.3 is 5.97 Å². The maximum Gasteiger partial charge on any atom is 0.335 e. The number of benzene rings is 3. The number of carbonyl (C=O) groups is 1. The number of hydrogen-bond donors (Lipinski definition) is 0. The topological polar surface area (TPSA) is 54.0 Å². The second kappa shape index (κ2) is 13.2. The molecule has 0 aliphatic rings. The van der Waals surface area contributed by atoms with Crippen molar-refractivity contribution >= 4 is 11.5 Å². The summed E-state index contributed by atoms with van der Waals surface area (Å²) < 4.78 is 22.4. The number of allylic oxidation sites excluding steroid dienone is 1. The SMILES string of the molecule is CCOC(=O)[C@H](Cc1ccc(OC/C=C(\C)c2ccc(Oc3ccccc3)cc2)cc1)OCC. The van der Waals surface area contributed by atoms with Gasteiger partial charge in [0.2, 0.25) is 0 Å². The second-order valence-corrected chi connectivity index (χ2v) is 7.68. The molecule has 178 valence electrons. The summed E-state index contributed by atoms with van der Waals surface area (Å²) in [6.45, 7) is 6.97. The molecule has 0 aliphatic heterocycles. The van der Waals surface area contributed by atoms with Gasteiger partial charge in [-0.1, -0.05) is 42.5 Å². The fourth-order valence-corrected chi connectivity index (χ4v) is 3.37. The van der Waals surface area contributed by atoms with Crippen molar-refractivity contribution in [2.75, 3.05) is 19.8 Å². The molecule has 0 N–H and O–H groups in total. The van der Waals surface area contributed by atoms with Crippen molar-refractivity contribution in [3.63, 3.8) is 0 Å². The van der Waals surface area contributed by atoms with Crippen molar-refractivity contribution < 1.29 is 23.7 Å². The van der Waals surface area contributed by atoms with Crippen LogP contribution in [0.5, 0.6) is 17.2 Å². The van der Waals surface area contributed by atoms with Gasteiger partial charge in [0.25, 0.3) is 0 Å². The highest BCUT2D eigenvalue weighted by atomic mass is 16.6. The molecule has 0 amide bonds. The third kappa shape index (κ3) is 7.78. The number of para-hydroxylation sites is 1. The minimum Gasteiger partial charge on any atom is -0.490 e. The molecule has 34 heavy (non-hydrogen) atoms. The van der Waals surface area contributed by atoms with E-state index in [-0.39, 0.29) is 5.97 Å². The van der Waals surface area contributed by atoms with E-state index in [2.05, 4.69) is 6.92 Å². The Balaban J connectivity index is 1.51. The van der Waals surface area contributed by atoms with Crippen LogP contribution in [0.3, 0.4) is 0 Å². The molecule has 5 heteroatoms. The molecule has 0 bridgehead atoms. The van der Waals surface area contributed by atoms with E-state index in [4.69, 9.17) is 18.9 Å². The molecule has 3 aromatic rings. The predicted octanol–water partition coefficient (Wildman–Crippen LogP) is 6.47. The van der Waals surface area contributed by atoms with Crippen LogP contribution >= 0.6 is 0 Å². The van der Waals surface area contributed by atoms with Crippen molar-refractivity contribution in [3.8, 4) is 17.2 Å². The smallest absolute Gasteiger partial charge is 0.335 e. The highest BCUT2D eigenvalue weighted by Gasteiger charge is 2.20. The van der Waals surface area contributed by atoms with Crippen LogP contribution in [0.1, 0.15) is 31.9 Å². The van der Waals surface area contributed by atoms with Crippen LogP contribution in [0.25, 0.3) is 5.57 Å². The summed E-state index contributed by atoms with van der Waals surface area (Å²) in [6, 6.07) is 25.4. The minimum atomic E-state index is -0.591. The summed E-state index contributed by atoms with van der Waals surface area (Å²) >= 11 is 0. The predicted molar refractivity (Wildman–Crippen MR) is 134 cm³/mol. The Morgan fingerprint density at radius 2 is 1.47 bits per heavy atom. The van der Waals surface area contributed by atoms with Gasteiger partial charge in [0.05, 0.1) is 6.61 Å². The molecule has 5 nitrogen and oxygen atoms in total. The molecule has 3 rings (SSSR count). The van der Waals surface area contributed by atoms with Crippen LogP contribution < -0.4 is 9.47 Å². The zero-order chi connectivity index (χ0) is 24.2. The van der Waals surface area contributed by atoms with Crippen LogP contribution in [-0.2, 0) is 20.7 Å². The Morgan fingerprint density at radius 1 is 0.824 bits per heavy atom. The maximum absolute atomic E-state index is 12.0. The molecule has 0 aromatic heterocycles. The molecule has 0 radical (unpaired) electrons. The van der Waals surface area contributed by atoms with Gasteiger partial charge in [0.15, 0.2) is 6.10 Å². The molecule has 0 spiro atoms. The molecule has 0 aliphatic carbocycles. The highest BCUT2D eigenvalue weighted by Crippen LogP contribution is 2.23. The first kappa shape index (κ1) is 25.1. The van der Waals surface area contributed by atoms with E-state index in [1.54, 1.807) is 6.92 Å². The fourth-order valence-electron chi connectivity index (χ4n) is 3.37. The lowest BCUT2D eigenvalue weighted by Crippen LogP contribution is -2.28. The molecule has 0 saturated carbocycles. The van der Waals surface area contributed by atoms with Crippen LogP contribution in [0.15, 0.2) is 84.9 Å². The van der Waals surface area contributed by atoms with Crippen LogP contribution in [0.2, 0.25) is 0 Å².